The predicted molar refractivity (Wildman–Crippen MR) is 107 cm³/mol. The highest BCUT2D eigenvalue weighted by molar-refractivity contribution is 7.98. The minimum absolute atomic E-state index is 0.0330. The second-order valence-electron chi connectivity index (χ2n) is 5.95. The van der Waals surface area contributed by atoms with Gasteiger partial charge in [0, 0.05) is 30.3 Å². The molecule has 0 atom stereocenters. The Morgan fingerprint density at radius 3 is 2.83 bits per heavy atom. The van der Waals surface area contributed by atoms with Crippen molar-refractivity contribution >= 4 is 29.1 Å². The third-order valence-electron chi connectivity index (χ3n) is 4.06. The van der Waals surface area contributed by atoms with Crippen LogP contribution in [0.4, 0.5) is 5.69 Å². The van der Waals surface area contributed by atoms with Gasteiger partial charge in [0.1, 0.15) is 0 Å². The average Bonchev–Trinajstić information content (AvgIpc) is 3.34. The maximum absolute atomic E-state index is 10.9. The molecule has 29 heavy (non-hydrogen) atoms. The summed E-state index contributed by atoms with van der Waals surface area (Å²) in [5.74, 6) is 1.69. The minimum atomic E-state index is -0.467. The number of halogens is 1. The average molecular weight is 429 g/mol. The maximum atomic E-state index is 10.9. The Morgan fingerprint density at radius 1 is 1.21 bits per heavy atom. The van der Waals surface area contributed by atoms with Crippen molar-refractivity contribution < 1.29 is 9.45 Å². The van der Waals surface area contributed by atoms with E-state index in [4.69, 9.17) is 16.1 Å². The topological polar surface area (TPSA) is 113 Å². The van der Waals surface area contributed by atoms with E-state index < -0.39 is 4.92 Å². The fourth-order valence-electron chi connectivity index (χ4n) is 2.63. The van der Waals surface area contributed by atoms with E-state index in [1.165, 1.54) is 23.9 Å². The number of thioether (sulfide) groups is 1. The van der Waals surface area contributed by atoms with Crippen molar-refractivity contribution in [2.45, 2.75) is 10.9 Å². The van der Waals surface area contributed by atoms with E-state index >= 15 is 0 Å². The number of aromatic nitrogens is 5. The van der Waals surface area contributed by atoms with Gasteiger partial charge in [0.25, 0.3) is 5.69 Å². The van der Waals surface area contributed by atoms with Gasteiger partial charge in [-0.3, -0.25) is 10.1 Å². The van der Waals surface area contributed by atoms with E-state index in [0.29, 0.717) is 39.0 Å². The van der Waals surface area contributed by atoms with Crippen molar-refractivity contribution in [2.75, 3.05) is 0 Å². The predicted octanol–water partition coefficient (Wildman–Crippen LogP) is 4.39. The van der Waals surface area contributed by atoms with Crippen LogP contribution in [0, 0.1) is 10.1 Å². The molecule has 0 N–H and O–H groups in total. The summed E-state index contributed by atoms with van der Waals surface area (Å²) >= 11 is 7.62. The van der Waals surface area contributed by atoms with Crippen molar-refractivity contribution in [1.82, 2.24) is 24.9 Å². The van der Waals surface area contributed by atoms with Crippen LogP contribution in [-0.4, -0.2) is 29.8 Å². The molecule has 0 fully saturated rings. The first-order valence-corrected chi connectivity index (χ1v) is 9.74. The second-order valence-corrected chi connectivity index (χ2v) is 7.30. The van der Waals surface area contributed by atoms with Crippen LogP contribution >= 0.6 is 23.4 Å². The van der Waals surface area contributed by atoms with Crippen LogP contribution in [0.3, 0.4) is 0 Å². The van der Waals surface area contributed by atoms with Gasteiger partial charge >= 0.3 is 0 Å². The number of hydrogen-bond donors (Lipinski definition) is 0. The molecule has 0 amide bonds. The summed E-state index contributed by atoms with van der Waals surface area (Å²) in [6.45, 7) is 0. The zero-order valence-electron chi connectivity index (χ0n) is 15.0. The lowest BCUT2D eigenvalue weighted by Gasteiger charge is -2.04. The van der Waals surface area contributed by atoms with Crippen LogP contribution in [0.1, 0.15) is 5.89 Å². The van der Waals surface area contributed by atoms with E-state index in [1.54, 1.807) is 18.2 Å². The molecule has 0 spiro atoms. The molecule has 0 bridgehead atoms. The van der Waals surface area contributed by atoms with E-state index in [9.17, 15) is 10.1 Å². The highest BCUT2D eigenvalue weighted by Crippen LogP contribution is 2.29. The highest BCUT2D eigenvalue weighted by atomic mass is 35.5. The van der Waals surface area contributed by atoms with Gasteiger partial charge in [-0.25, -0.2) is 0 Å². The zero-order valence-corrected chi connectivity index (χ0v) is 16.6. The fourth-order valence-corrected chi connectivity index (χ4v) is 3.60. The molecule has 0 aliphatic heterocycles. The van der Waals surface area contributed by atoms with Gasteiger partial charge in [0.2, 0.25) is 11.7 Å². The van der Waals surface area contributed by atoms with Crippen LogP contribution in [0.2, 0.25) is 5.02 Å². The zero-order chi connectivity index (χ0) is 20.4. The molecule has 0 radical (unpaired) electrons. The molecule has 2 aromatic heterocycles. The summed E-state index contributed by atoms with van der Waals surface area (Å²) in [5.41, 5.74) is 1.27. The molecule has 11 heteroatoms. The molecule has 0 saturated heterocycles. The molecule has 0 unspecified atom stereocenters. The second kappa shape index (κ2) is 8.02. The quantitative estimate of drug-likeness (QED) is 0.252. The number of nitro groups is 1. The van der Waals surface area contributed by atoms with Crippen molar-refractivity contribution in [3.8, 4) is 22.8 Å². The Kier molecular flexibility index (Phi) is 5.28. The summed E-state index contributed by atoms with van der Waals surface area (Å²) in [7, 11) is 1.85. The summed E-state index contributed by atoms with van der Waals surface area (Å²) in [4.78, 5) is 14.8. The van der Waals surface area contributed by atoms with Gasteiger partial charge in [-0.2, -0.15) is 4.98 Å². The van der Waals surface area contributed by atoms with Gasteiger partial charge in [-0.05, 0) is 12.1 Å². The van der Waals surface area contributed by atoms with Gasteiger partial charge in [0.05, 0.1) is 15.7 Å². The number of non-ortho nitro benzene ring substituents is 1. The molecular weight excluding hydrogens is 416 g/mol. The van der Waals surface area contributed by atoms with Crippen molar-refractivity contribution in [3.05, 3.63) is 69.6 Å². The first kappa shape index (κ1) is 19.1. The number of rotatable bonds is 6. The lowest BCUT2D eigenvalue weighted by molar-refractivity contribution is -0.384. The van der Waals surface area contributed by atoms with Gasteiger partial charge < -0.3 is 9.09 Å². The number of nitro benzene ring substituents is 1. The summed E-state index contributed by atoms with van der Waals surface area (Å²) in [5, 5.41) is 24.5. The van der Waals surface area contributed by atoms with Crippen LogP contribution < -0.4 is 0 Å². The van der Waals surface area contributed by atoms with Crippen LogP contribution in [0.15, 0.2) is 58.2 Å². The summed E-state index contributed by atoms with van der Waals surface area (Å²) < 4.78 is 7.10. The van der Waals surface area contributed by atoms with Gasteiger partial charge in [0.15, 0.2) is 11.0 Å². The Morgan fingerprint density at radius 2 is 2.03 bits per heavy atom. The lowest BCUT2D eigenvalue weighted by Crippen LogP contribution is -1.95. The molecule has 4 rings (SSSR count). The van der Waals surface area contributed by atoms with Crippen molar-refractivity contribution in [3.63, 3.8) is 0 Å². The van der Waals surface area contributed by atoms with Crippen molar-refractivity contribution in [2.24, 2.45) is 7.05 Å². The van der Waals surface area contributed by atoms with Gasteiger partial charge in [-0.1, -0.05) is 52.8 Å². The van der Waals surface area contributed by atoms with E-state index in [0.717, 1.165) is 5.56 Å². The fraction of sp³-hybridized carbons (Fsp3) is 0.111. The highest BCUT2D eigenvalue weighted by Gasteiger charge is 2.16. The smallest absolute Gasteiger partial charge is 0.270 e. The largest absolute Gasteiger partial charge is 0.338 e. The summed E-state index contributed by atoms with van der Waals surface area (Å²) in [6, 6.07) is 13.5. The van der Waals surface area contributed by atoms with Crippen LogP contribution in [-0.2, 0) is 12.8 Å². The molecule has 0 saturated carbocycles. The molecule has 9 nitrogen and oxygen atoms in total. The molecule has 0 aliphatic rings. The third kappa shape index (κ3) is 3.98. The first-order valence-electron chi connectivity index (χ1n) is 8.37. The first-order chi connectivity index (χ1) is 14.0. The molecule has 2 heterocycles. The van der Waals surface area contributed by atoms with Crippen LogP contribution in [0.5, 0.6) is 0 Å². The number of hydrogen-bond acceptors (Lipinski definition) is 8. The molecule has 4 aromatic rings. The lowest BCUT2D eigenvalue weighted by atomic mass is 10.2. The monoisotopic (exact) mass is 428 g/mol. The third-order valence-corrected chi connectivity index (χ3v) is 5.39. The SMILES string of the molecule is Cn1c(SCc2nc(-c3cccc([N+](=O)[O-])c3)no2)nnc1-c1ccccc1Cl. The standard InChI is InChI=1S/C18H13ClN6O3S/c1-24-17(13-7-2-3-8-14(13)19)21-22-18(24)29-10-15-20-16(23-28-15)11-5-4-6-12(9-11)25(26)27/h2-9H,10H2,1H3. The Hall–Kier alpha value is -3.24. The van der Waals surface area contributed by atoms with E-state index in [-0.39, 0.29) is 5.69 Å². The Labute approximate surface area is 173 Å². The minimum Gasteiger partial charge on any atom is -0.338 e. The Bertz CT molecular complexity index is 1190. The molecular formula is C18H13ClN6O3S. The number of nitrogens with zero attached hydrogens (tertiary/aromatic N) is 6. The molecule has 146 valence electrons. The van der Waals surface area contributed by atoms with Crippen LogP contribution in [0.25, 0.3) is 22.8 Å². The van der Waals surface area contributed by atoms with Gasteiger partial charge in [-0.15, -0.1) is 10.2 Å². The summed E-state index contributed by atoms with van der Waals surface area (Å²) in [6.07, 6.45) is 0. The van der Waals surface area contributed by atoms with Crippen molar-refractivity contribution in [1.29, 1.82) is 0 Å². The van der Waals surface area contributed by atoms with E-state index in [1.807, 2.05) is 29.8 Å². The number of benzene rings is 2. The van der Waals surface area contributed by atoms with E-state index in [2.05, 4.69) is 20.3 Å². The molecule has 0 aliphatic carbocycles. The normalized spacial score (nSPS) is 11.0. The molecule has 2 aromatic carbocycles. The maximum Gasteiger partial charge on any atom is 0.270 e. The Balaban J connectivity index is 1.49.